The molecule has 0 radical (unpaired) electrons. The van der Waals surface area contributed by atoms with Crippen LogP contribution >= 0.6 is 11.3 Å². The van der Waals surface area contributed by atoms with Gasteiger partial charge >= 0.3 is 0 Å². The molecule has 1 aromatic heterocycles. The molecule has 0 atom stereocenters. The van der Waals surface area contributed by atoms with E-state index in [1.807, 2.05) is 6.92 Å². The number of rotatable bonds is 6. The van der Waals surface area contributed by atoms with Gasteiger partial charge in [0, 0.05) is 22.2 Å². The minimum absolute atomic E-state index is 0.0661. The van der Waals surface area contributed by atoms with Crippen LogP contribution in [0.1, 0.15) is 41.5 Å². The molecule has 1 N–H and O–H groups in total. The Hall–Kier alpha value is -3.72. The number of carbonyl (C=O) groups is 3. The number of hydrogen-bond acceptors (Lipinski definition) is 7. The number of carbonyl (C=O) groups excluding carboxylic acids is 3. The number of anilines is 1. The average Bonchev–Trinajstić information content (AvgIpc) is 3.29. The van der Waals surface area contributed by atoms with Crippen molar-refractivity contribution < 1.29 is 23.9 Å². The van der Waals surface area contributed by atoms with Crippen molar-refractivity contribution in [3.05, 3.63) is 69.7 Å². The van der Waals surface area contributed by atoms with Gasteiger partial charge < -0.3 is 9.47 Å². The maximum absolute atomic E-state index is 12.8. The van der Waals surface area contributed by atoms with Crippen LogP contribution in [-0.2, 0) is 6.54 Å². The van der Waals surface area contributed by atoms with E-state index in [1.54, 1.807) is 42.6 Å². The molecule has 158 valence electrons. The molecule has 0 spiro atoms. The molecule has 1 aliphatic heterocycles. The van der Waals surface area contributed by atoms with Crippen LogP contribution in [0, 0.1) is 6.92 Å². The number of ether oxygens (including phenoxy) is 2. The van der Waals surface area contributed by atoms with Gasteiger partial charge in [0.2, 0.25) is 0 Å². The lowest BCUT2D eigenvalue weighted by Gasteiger charge is -2.19. The van der Waals surface area contributed by atoms with Gasteiger partial charge in [-0.3, -0.25) is 24.6 Å². The first kappa shape index (κ1) is 20.5. The van der Waals surface area contributed by atoms with Crippen molar-refractivity contribution in [1.82, 2.24) is 9.88 Å². The number of thiazole rings is 1. The molecule has 2 heterocycles. The number of imide groups is 1. The van der Waals surface area contributed by atoms with Gasteiger partial charge in [-0.15, -0.1) is 11.3 Å². The van der Waals surface area contributed by atoms with E-state index in [9.17, 15) is 14.4 Å². The smallest absolute Gasteiger partial charge is 0.261 e. The normalized spacial score (nSPS) is 12.7. The van der Waals surface area contributed by atoms with Crippen LogP contribution in [0.2, 0.25) is 0 Å². The average molecular weight is 437 g/mol. The predicted octanol–water partition coefficient (Wildman–Crippen LogP) is 3.52. The molecule has 0 fully saturated rings. The Morgan fingerprint density at radius 3 is 2.32 bits per heavy atom. The maximum Gasteiger partial charge on any atom is 0.261 e. The second kappa shape index (κ2) is 8.19. The van der Waals surface area contributed by atoms with Crippen molar-refractivity contribution in [3.8, 4) is 11.5 Å². The fourth-order valence-electron chi connectivity index (χ4n) is 3.43. The molecule has 8 nitrogen and oxygen atoms in total. The molecule has 1 aliphatic rings. The summed E-state index contributed by atoms with van der Waals surface area (Å²) in [5.74, 6) is -0.513. The van der Waals surface area contributed by atoms with Crippen LogP contribution < -0.4 is 14.8 Å². The fourth-order valence-corrected chi connectivity index (χ4v) is 4.09. The standard InChI is InChI=1S/C22H19N3O5S/c1-12-10-23-22(31-12)24-19(26)13-8-14(18(30-3)17(9-13)29-2)11-25-20(27)15-6-4-5-7-16(15)21(25)28/h4-10H,11H2,1-3H3,(H,23,24,26). The number of aryl methyl sites for hydroxylation is 1. The SMILES string of the molecule is COc1cc(C(=O)Nc2ncc(C)s2)cc(CN2C(=O)c3ccccc3C2=O)c1OC. The van der Waals surface area contributed by atoms with Crippen molar-refractivity contribution in [1.29, 1.82) is 0 Å². The summed E-state index contributed by atoms with van der Waals surface area (Å²) in [4.78, 5) is 44.6. The molecule has 0 saturated carbocycles. The van der Waals surface area contributed by atoms with Crippen LogP contribution in [0.4, 0.5) is 5.13 Å². The number of amides is 3. The lowest BCUT2D eigenvalue weighted by Crippen LogP contribution is -2.29. The monoisotopic (exact) mass is 437 g/mol. The highest BCUT2D eigenvalue weighted by Gasteiger charge is 2.36. The molecule has 31 heavy (non-hydrogen) atoms. The van der Waals surface area contributed by atoms with E-state index in [1.165, 1.54) is 25.6 Å². The minimum Gasteiger partial charge on any atom is -0.493 e. The van der Waals surface area contributed by atoms with Crippen molar-refractivity contribution in [3.63, 3.8) is 0 Å². The first-order valence-electron chi connectivity index (χ1n) is 9.36. The molecule has 4 rings (SSSR count). The number of hydrogen-bond donors (Lipinski definition) is 1. The molecule has 0 bridgehead atoms. The summed E-state index contributed by atoms with van der Waals surface area (Å²) in [6, 6.07) is 9.78. The fraction of sp³-hybridized carbons (Fsp3) is 0.182. The van der Waals surface area contributed by atoms with E-state index in [4.69, 9.17) is 9.47 Å². The van der Waals surface area contributed by atoms with Crippen LogP contribution in [-0.4, -0.2) is 41.8 Å². The van der Waals surface area contributed by atoms with Gasteiger partial charge in [0.25, 0.3) is 17.7 Å². The van der Waals surface area contributed by atoms with Gasteiger partial charge in [-0.05, 0) is 31.2 Å². The number of aromatic nitrogens is 1. The second-order valence-corrected chi connectivity index (χ2v) is 8.08. The number of fused-ring (bicyclic) bond motifs is 1. The van der Waals surface area contributed by atoms with E-state index in [0.29, 0.717) is 33.3 Å². The van der Waals surface area contributed by atoms with Gasteiger partial charge in [-0.2, -0.15) is 0 Å². The summed E-state index contributed by atoms with van der Waals surface area (Å²) in [5, 5.41) is 3.22. The summed E-state index contributed by atoms with van der Waals surface area (Å²) in [5.41, 5.74) is 1.46. The Morgan fingerprint density at radius 2 is 1.77 bits per heavy atom. The zero-order valence-electron chi connectivity index (χ0n) is 17.1. The maximum atomic E-state index is 12.8. The van der Waals surface area contributed by atoms with Crippen molar-refractivity contribution in [2.75, 3.05) is 19.5 Å². The summed E-state index contributed by atoms with van der Waals surface area (Å²) in [6.07, 6.45) is 1.67. The highest BCUT2D eigenvalue weighted by atomic mass is 32.1. The molecular weight excluding hydrogens is 418 g/mol. The molecular formula is C22H19N3O5S. The van der Waals surface area contributed by atoms with Gasteiger partial charge in [0.05, 0.1) is 31.9 Å². The Balaban J connectivity index is 1.68. The van der Waals surface area contributed by atoms with Gasteiger partial charge in [-0.25, -0.2) is 4.98 Å². The first-order valence-corrected chi connectivity index (χ1v) is 10.2. The van der Waals surface area contributed by atoms with Crippen molar-refractivity contribution in [2.45, 2.75) is 13.5 Å². The van der Waals surface area contributed by atoms with Gasteiger partial charge in [-0.1, -0.05) is 12.1 Å². The van der Waals surface area contributed by atoms with E-state index in [2.05, 4.69) is 10.3 Å². The topological polar surface area (TPSA) is 97.8 Å². The van der Waals surface area contributed by atoms with E-state index >= 15 is 0 Å². The third-order valence-electron chi connectivity index (χ3n) is 4.87. The third kappa shape index (κ3) is 3.75. The summed E-state index contributed by atoms with van der Waals surface area (Å²) < 4.78 is 10.9. The van der Waals surface area contributed by atoms with Crippen molar-refractivity contribution in [2.24, 2.45) is 0 Å². The van der Waals surface area contributed by atoms with Crippen LogP contribution in [0.3, 0.4) is 0 Å². The predicted molar refractivity (Wildman–Crippen MR) is 115 cm³/mol. The summed E-state index contributed by atoms with van der Waals surface area (Å²) >= 11 is 1.36. The number of nitrogens with zero attached hydrogens (tertiary/aromatic N) is 2. The van der Waals surface area contributed by atoms with Gasteiger partial charge in [0.15, 0.2) is 16.6 Å². The highest BCUT2D eigenvalue weighted by molar-refractivity contribution is 7.15. The Kier molecular flexibility index (Phi) is 5.43. The largest absolute Gasteiger partial charge is 0.493 e. The zero-order chi connectivity index (χ0) is 22.1. The number of methoxy groups -OCH3 is 2. The molecule has 2 aromatic carbocycles. The first-order chi connectivity index (χ1) is 14.9. The van der Waals surface area contributed by atoms with E-state index < -0.39 is 11.8 Å². The summed E-state index contributed by atoms with van der Waals surface area (Å²) in [7, 11) is 2.91. The Bertz CT molecular complexity index is 1170. The summed E-state index contributed by atoms with van der Waals surface area (Å²) in [6.45, 7) is 1.83. The number of nitrogens with one attached hydrogen (secondary N) is 1. The van der Waals surface area contributed by atoms with Crippen LogP contribution in [0.15, 0.2) is 42.6 Å². The Labute approximate surface area is 182 Å². The molecule has 9 heteroatoms. The van der Waals surface area contributed by atoms with E-state index in [-0.39, 0.29) is 18.0 Å². The lowest BCUT2D eigenvalue weighted by atomic mass is 10.1. The highest BCUT2D eigenvalue weighted by Crippen LogP contribution is 2.35. The molecule has 3 amide bonds. The van der Waals surface area contributed by atoms with Crippen LogP contribution in [0.25, 0.3) is 0 Å². The lowest BCUT2D eigenvalue weighted by molar-refractivity contribution is 0.0641. The molecule has 0 saturated heterocycles. The quantitative estimate of drug-likeness (QED) is 0.593. The zero-order valence-corrected chi connectivity index (χ0v) is 17.9. The minimum atomic E-state index is -0.394. The molecule has 0 aliphatic carbocycles. The number of benzene rings is 2. The van der Waals surface area contributed by atoms with Gasteiger partial charge in [0.1, 0.15) is 0 Å². The Morgan fingerprint density at radius 1 is 1.10 bits per heavy atom. The third-order valence-corrected chi connectivity index (χ3v) is 5.69. The van der Waals surface area contributed by atoms with E-state index in [0.717, 1.165) is 9.78 Å². The second-order valence-electron chi connectivity index (χ2n) is 6.84. The molecule has 0 unspecified atom stereocenters. The molecule has 3 aromatic rings. The van der Waals surface area contributed by atoms with Crippen molar-refractivity contribution >= 4 is 34.2 Å². The van der Waals surface area contributed by atoms with Crippen LogP contribution in [0.5, 0.6) is 11.5 Å².